The van der Waals surface area contributed by atoms with Crippen molar-refractivity contribution in [3.8, 4) is 11.8 Å². The number of hydrogen-bond donors (Lipinski definition) is 2. The van der Waals surface area contributed by atoms with E-state index in [1.165, 1.54) is 27.3 Å². The monoisotopic (exact) mass is 348 g/mol. The molecule has 1 heterocycles. The van der Waals surface area contributed by atoms with Crippen LogP contribution in [0.1, 0.15) is 5.56 Å². The summed E-state index contributed by atoms with van der Waals surface area (Å²) in [6.45, 7) is 0. The largest absolute Gasteiger partial charge is 0.508 e. The number of amides is 1. The van der Waals surface area contributed by atoms with Crippen LogP contribution in [0.15, 0.2) is 52.8 Å². The predicted molar refractivity (Wildman–Crippen MR) is 98.5 cm³/mol. The minimum atomic E-state index is -0.583. The molecule has 0 spiro atoms. The van der Waals surface area contributed by atoms with Gasteiger partial charge in [0.05, 0.1) is 11.0 Å². The molecule has 26 heavy (non-hydrogen) atoms. The number of carbonyl (C=O) groups excluding carboxylic acids is 1. The number of rotatable bonds is 3. The van der Waals surface area contributed by atoms with Crippen LogP contribution >= 0.6 is 0 Å². The first kappa shape index (κ1) is 17.0. The SMILES string of the molecule is Cn1c(=O)n(C)c2cc(/C=C(\C#N)C(=O)Nc3cccc(O)c3)ccc21. The van der Waals surface area contributed by atoms with Gasteiger partial charge in [-0.15, -0.1) is 0 Å². The smallest absolute Gasteiger partial charge is 0.328 e. The molecule has 1 aromatic heterocycles. The van der Waals surface area contributed by atoms with E-state index in [4.69, 9.17) is 0 Å². The van der Waals surface area contributed by atoms with Crippen molar-refractivity contribution in [2.45, 2.75) is 0 Å². The van der Waals surface area contributed by atoms with E-state index < -0.39 is 5.91 Å². The average molecular weight is 348 g/mol. The van der Waals surface area contributed by atoms with Crippen LogP contribution in [0.2, 0.25) is 0 Å². The van der Waals surface area contributed by atoms with Gasteiger partial charge in [0.15, 0.2) is 0 Å². The summed E-state index contributed by atoms with van der Waals surface area (Å²) in [6.07, 6.45) is 1.45. The minimum Gasteiger partial charge on any atom is -0.508 e. The third kappa shape index (κ3) is 3.08. The van der Waals surface area contributed by atoms with Gasteiger partial charge in [0.25, 0.3) is 5.91 Å². The second-order valence-corrected chi connectivity index (χ2v) is 5.82. The molecule has 0 radical (unpaired) electrons. The summed E-state index contributed by atoms with van der Waals surface area (Å²) >= 11 is 0. The van der Waals surface area contributed by atoms with Gasteiger partial charge in [0.1, 0.15) is 17.4 Å². The third-order valence-electron chi connectivity index (χ3n) is 4.08. The van der Waals surface area contributed by atoms with Crippen LogP contribution in [-0.2, 0) is 18.9 Å². The number of anilines is 1. The van der Waals surface area contributed by atoms with Crippen molar-refractivity contribution in [3.05, 3.63) is 64.1 Å². The fourth-order valence-corrected chi connectivity index (χ4v) is 2.71. The Morgan fingerprint density at radius 2 is 1.88 bits per heavy atom. The second-order valence-electron chi connectivity index (χ2n) is 5.82. The van der Waals surface area contributed by atoms with Gasteiger partial charge in [-0.25, -0.2) is 4.79 Å². The van der Waals surface area contributed by atoms with Gasteiger partial charge in [0.2, 0.25) is 0 Å². The molecule has 7 heteroatoms. The van der Waals surface area contributed by atoms with Crippen LogP contribution in [0.4, 0.5) is 5.69 Å². The predicted octanol–water partition coefficient (Wildman–Crippen LogP) is 2.13. The van der Waals surface area contributed by atoms with Crippen molar-refractivity contribution in [1.82, 2.24) is 9.13 Å². The van der Waals surface area contributed by atoms with E-state index in [1.807, 2.05) is 6.07 Å². The van der Waals surface area contributed by atoms with Crippen molar-refractivity contribution < 1.29 is 9.90 Å². The van der Waals surface area contributed by atoms with E-state index in [1.54, 1.807) is 44.4 Å². The Labute approximate surface area is 149 Å². The highest BCUT2D eigenvalue weighted by molar-refractivity contribution is 6.09. The van der Waals surface area contributed by atoms with Gasteiger partial charge in [-0.2, -0.15) is 5.26 Å². The van der Waals surface area contributed by atoms with E-state index >= 15 is 0 Å². The lowest BCUT2D eigenvalue weighted by Crippen LogP contribution is -2.19. The number of nitrogens with one attached hydrogen (secondary N) is 1. The van der Waals surface area contributed by atoms with Crippen LogP contribution in [-0.4, -0.2) is 20.1 Å². The standard InChI is InChI=1S/C19H16N4O3/c1-22-16-7-6-12(9-17(16)23(2)19(22)26)8-13(11-20)18(25)21-14-4-3-5-15(24)10-14/h3-10,24H,1-2H3,(H,21,25)/b13-8+. The molecule has 0 saturated carbocycles. The highest BCUT2D eigenvalue weighted by Crippen LogP contribution is 2.18. The number of aromatic nitrogens is 2. The maximum atomic E-state index is 12.3. The first-order valence-electron chi connectivity index (χ1n) is 7.78. The molecule has 0 aliphatic heterocycles. The fourth-order valence-electron chi connectivity index (χ4n) is 2.71. The summed E-state index contributed by atoms with van der Waals surface area (Å²) in [5, 5.41) is 21.3. The zero-order chi connectivity index (χ0) is 18.8. The fraction of sp³-hybridized carbons (Fsp3) is 0.105. The number of fused-ring (bicyclic) bond motifs is 1. The zero-order valence-corrected chi connectivity index (χ0v) is 14.2. The maximum absolute atomic E-state index is 12.3. The molecule has 130 valence electrons. The lowest BCUT2D eigenvalue weighted by atomic mass is 10.1. The minimum absolute atomic E-state index is 0.0146. The molecule has 3 aromatic rings. The number of phenols is 1. The summed E-state index contributed by atoms with van der Waals surface area (Å²) in [7, 11) is 3.35. The Hall–Kier alpha value is -3.79. The van der Waals surface area contributed by atoms with Gasteiger partial charge in [-0.1, -0.05) is 12.1 Å². The van der Waals surface area contributed by atoms with Gasteiger partial charge in [0, 0.05) is 25.8 Å². The molecule has 0 aliphatic rings. The number of aromatic hydroxyl groups is 1. The third-order valence-corrected chi connectivity index (χ3v) is 4.08. The van der Waals surface area contributed by atoms with Gasteiger partial charge in [-0.3, -0.25) is 13.9 Å². The normalized spacial score (nSPS) is 11.3. The molecule has 0 bridgehead atoms. The summed E-state index contributed by atoms with van der Waals surface area (Å²) in [5.74, 6) is -0.569. The van der Waals surface area contributed by atoms with Crippen LogP contribution in [0.3, 0.4) is 0 Å². The molecule has 0 unspecified atom stereocenters. The Morgan fingerprint density at radius 1 is 1.15 bits per heavy atom. The number of hydrogen-bond acceptors (Lipinski definition) is 4. The molecule has 2 aromatic carbocycles. The summed E-state index contributed by atoms with van der Waals surface area (Å²) < 4.78 is 3.04. The summed E-state index contributed by atoms with van der Waals surface area (Å²) in [5.41, 5.74) is 2.24. The molecular weight excluding hydrogens is 332 g/mol. The summed E-state index contributed by atoms with van der Waals surface area (Å²) in [6, 6.07) is 13.2. The molecule has 0 fully saturated rings. The van der Waals surface area contributed by atoms with Gasteiger partial charge >= 0.3 is 5.69 Å². The van der Waals surface area contributed by atoms with E-state index in [9.17, 15) is 20.0 Å². The molecule has 0 aliphatic carbocycles. The maximum Gasteiger partial charge on any atom is 0.328 e. The van der Waals surface area contributed by atoms with Crippen molar-refractivity contribution in [2.75, 3.05) is 5.32 Å². The number of aryl methyl sites for hydroxylation is 2. The molecule has 0 saturated heterocycles. The van der Waals surface area contributed by atoms with Crippen molar-refractivity contribution in [2.24, 2.45) is 14.1 Å². The number of nitriles is 1. The van der Waals surface area contributed by atoms with Crippen LogP contribution in [0.25, 0.3) is 17.1 Å². The Morgan fingerprint density at radius 3 is 2.58 bits per heavy atom. The molecule has 1 amide bonds. The van der Waals surface area contributed by atoms with Crippen molar-refractivity contribution in [3.63, 3.8) is 0 Å². The van der Waals surface area contributed by atoms with E-state index in [0.717, 1.165) is 5.52 Å². The van der Waals surface area contributed by atoms with E-state index in [-0.39, 0.29) is 17.0 Å². The first-order valence-corrected chi connectivity index (χ1v) is 7.78. The Balaban J connectivity index is 1.95. The van der Waals surface area contributed by atoms with Crippen LogP contribution in [0, 0.1) is 11.3 Å². The number of nitrogens with zero attached hydrogens (tertiary/aromatic N) is 3. The average Bonchev–Trinajstić information content (AvgIpc) is 2.83. The molecule has 2 N–H and O–H groups in total. The number of carbonyl (C=O) groups is 1. The Kier molecular flexibility index (Phi) is 4.33. The molecule has 7 nitrogen and oxygen atoms in total. The van der Waals surface area contributed by atoms with Crippen LogP contribution in [0.5, 0.6) is 5.75 Å². The lowest BCUT2D eigenvalue weighted by molar-refractivity contribution is -0.112. The Bertz CT molecular complexity index is 1150. The van der Waals surface area contributed by atoms with Gasteiger partial charge in [-0.05, 0) is 35.9 Å². The molecule has 0 atom stereocenters. The van der Waals surface area contributed by atoms with Crippen molar-refractivity contribution in [1.29, 1.82) is 5.26 Å². The quantitative estimate of drug-likeness (QED) is 0.559. The first-order chi connectivity index (χ1) is 12.4. The lowest BCUT2D eigenvalue weighted by Gasteiger charge is -2.05. The van der Waals surface area contributed by atoms with E-state index in [2.05, 4.69) is 5.32 Å². The topological polar surface area (TPSA) is 100 Å². The van der Waals surface area contributed by atoms with Crippen LogP contribution < -0.4 is 11.0 Å². The zero-order valence-electron chi connectivity index (χ0n) is 14.2. The van der Waals surface area contributed by atoms with Crippen molar-refractivity contribution >= 4 is 28.7 Å². The number of phenolic OH excluding ortho intramolecular Hbond substituents is 1. The number of imidazole rings is 1. The second kappa shape index (κ2) is 6.61. The van der Waals surface area contributed by atoms with E-state index in [0.29, 0.717) is 16.8 Å². The number of benzene rings is 2. The highest BCUT2D eigenvalue weighted by atomic mass is 16.3. The highest BCUT2D eigenvalue weighted by Gasteiger charge is 2.12. The summed E-state index contributed by atoms with van der Waals surface area (Å²) in [4.78, 5) is 24.3. The molecule has 3 rings (SSSR count). The molecular formula is C19H16N4O3. The van der Waals surface area contributed by atoms with Gasteiger partial charge < -0.3 is 10.4 Å².